The lowest BCUT2D eigenvalue weighted by atomic mass is 9.88. The maximum atomic E-state index is 14.0. The number of nitrogens with one attached hydrogen (secondary N) is 1. The van der Waals surface area contributed by atoms with Crippen molar-refractivity contribution in [3.63, 3.8) is 0 Å². The van der Waals surface area contributed by atoms with Crippen LogP contribution in [-0.2, 0) is 21.4 Å². The largest absolute Gasteiger partial charge is 0.346 e. The molecule has 236 valence electrons. The number of carbonyl (C=O) groups is 2. The maximum Gasteiger partial charge on any atom is 0.233 e. The first-order valence-corrected chi connectivity index (χ1v) is 18.8. The number of aromatic nitrogens is 1. The first-order valence-electron chi connectivity index (χ1n) is 16.8. The van der Waals surface area contributed by atoms with Crippen molar-refractivity contribution in [2.45, 2.75) is 90.1 Å². The van der Waals surface area contributed by atoms with Crippen LogP contribution in [0, 0.1) is 19.8 Å². The topological polar surface area (TPSA) is 59.7 Å². The molecule has 0 unspecified atom stereocenters. The summed E-state index contributed by atoms with van der Waals surface area (Å²) in [5.41, 5.74) is 5.84. The van der Waals surface area contributed by atoms with Gasteiger partial charge in [-0.05, 0) is 115 Å². The van der Waals surface area contributed by atoms with Gasteiger partial charge in [-0.15, -0.1) is 11.3 Å². The van der Waals surface area contributed by atoms with Crippen molar-refractivity contribution in [1.82, 2.24) is 19.7 Å². The second-order valence-electron chi connectivity index (χ2n) is 14.3. The van der Waals surface area contributed by atoms with E-state index < -0.39 is 5.41 Å². The normalized spacial score (nSPS) is 23.3. The number of aromatic amines is 1. The molecule has 8 heteroatoms. The molecule has 2 bridgehead atoms. The van der Waals surface area contributed by atoms with Crippen LogP contribution >= 0.6 is 23.1 Å². The molecule has 2 aromatic heterocycles. The van der Waals surface area contributed by atoms with E-state index in [9.17, 15) is 9.59 Å². The highest BCUT2D eigenvalue weighted by Gasteiger charge is 2.47. The Hall–Kier alpha value is -2.29. The summed E-state index contributed by atoms with van der Waals surface area (Å²) in [5, 5.41) is 1.28. The highest BCUT2D eigenvalue weighted by Crippen LogP contribution is 2.44. The van der Waals surface area contributed by atoms with Crippen LogP contribution in [-0.4, -0.2) is 87.8 Å². The quantitative estimate of drug-likeness (QED) is 0.312. The lowest BCUT2D eigenvalue weighted by molar-refractivity contribution is -0.137. The minimum absolute atomic E-state index is 0.184. The molecule has 6 heterocycles. The van der Waals surface area contributed by atoms with Gasteiger partial charge in [0.05, 0.1) is 11.1 Å². The molecule has 4 fully saturated rings. The van der Waals surface area contributed by atoms with E-state index >= 15 is 0 Å². The SMILES string of the molecule is Cc1cc(C)cc(-c2[nH]c3sc(C(C)(C)C(=O)N4C5CCC4CC5)cc3c2CCN2CCC(C(=O)N3CCSCC3)CC2)c1. The van der Waals surface area contributed by atoms with Crippen LogP contribution in [0.15, 0.2) is 24.3 Å². The van der Waals surface area contributed by atoms with Crippen molar-refractivity contribution in [3.8, 4) is 11.3 Å². The lowest BCUT2D eigenvalue weighted by Crippen LogP contribution is -2.45. The molecule has 1 aromatic carbocycles. The van der Waals surface area contributed by atoms with E-state index in [4.69, 9.17) is 0 Å². The molecule has 6 nitrogen and oxygen atoms in total. The molecule has 0 radical (unpaired) electrons. The Morgan fingerprint density at radius 3 is 2.16 bits per heavy atom. The summed E-state index contributed by atoms with van der Waals surface area (Å²) in [6.07, 6.45) is 7.56. The third kappa shape index (κ3) is 5.64. The van der Waals surface area contributed by atoms with E-state index in [1.165, 1.54) is 68.7 Å². The van der Waals surface area contributed by atoms with Crippen molar-refractivity contribution >= 4 is 45.1 Å². The number of likely N-dealkylation sites (tertiary alicyclic amines) is 1. The van der Waals surface area contributed by atoms with Crippen molar-refractivity contribution in [2.75, 3.05) is 44.2 Å². The number of H-pyrrole nitrogens is 1. The van der Waals surface area contributed by atoms with Gasteiger partial charge in [-0.1, -0.05) is 17.2 Å². The Kier molecular flexibility index (Phi) is 8.38. The first-order chi connectivity index (χ1) is 21.2. The molecule has 0 spiro atoms. The Bertz CT molecular complexity index is 1500. The maximum absolute atomic E-state index is 14.0. The fraction of sp³-hybridized carbons (Fsp3) is 0.611. The average molecular weight is 633 g/mol. The number of aryl methyl sites for hydroxylation is 2. The van der Waals surface area contributed by atoms with Gasteiger partial charge in [0.2, 0.25) is 11.8 Å². The van der Waals surface area contributed by atoms with Crippen molar-refractivity contribution in [1.29, 1.82) is 0 Å². The summed E-state index contributed by atoms with van der Waals surface area (Å²) >= 11 is 3.73. The number of thiophene rings is 1. The molecule has 3 aromatic rings. The predicted molar refractivity (Wildman–Crippen MR) is 184 cm³/mol. The van der Waals surface area contributed by atoms with Gasteiger partial charge in [-0.25, -0.2) is 0 Å². The van der Waals surface area contributed by atoms with Crippen LogP contribution in [0.3, 0.4) is 0 Å². The Morgan fingerprint density at radius 2 is 1.52 bits per heavy atom. The smallest absolute Gasteiger partial charge is 0.233 e. The predicted octanol–water partition coefficient (Wildman–Crippen LogP) is 6.77. The second-order valence-corrected chi connectivity index (χ2v) is 16.6. The Morgan fingerprint density at radius 1 is 0.886 bits per heavy atom. The number of rotatable bonds is 7. The van der Waals surface area contributed by atoms with Gasteiger partial charge in [0.15, 0.2) is 0 Å². The fourth-order valence-electron chi connectivity index (χ4n) is 8.35. The second kappa shape index (κ2) is 12.1. The van der Waals surface area contributed by atoms with Gasteiger partial charge >= 0.3 is 0 Å². The van der Waals surface area contributed by atoms with Crippen LogP contribution in [0.1, 0.15) is 73.9 Å². The number of thioether (sulfide) groups is 1. The third-order valence-electron chi connectivity index (χ3n) is 10.9. The van der Waals surface area contributed by atoms with E-state index in [-0.39, 0.29) is 5.92 Å². The minimum atomic E-state index is -0.533. The highest BCUT2D eigenvalue weighted by molar-refractivity contribution is 7.99. The number of benzene rings is 1. The standard InChI is InChI=1S/C36H48N4O2S2/c1-23-19-24(2)21-26(20-23)32-29(11-14-38-12-9-25(10-13-38)34(41)39-15-17-43-18-16-39)30-22-31(44-33(30)37-32)36(3,4)35(42)40-27-5-6-28(40)8-7-27/h19-22,25,27-28,37H,5-18H2,1-4H3. The molecule has 4 aliphatic heterocycles. The summed E-state index contributed by atoms with van der Waals surface area (Å²) in [6.45, 7) is 13.4. The summed E-state index contributed by atoms with van der Waals surface area (Å²) < 4.78 is 0. The average Bonchev–Trinajstić information content (AvgIpc) is 3.80. The zero-order valence-corrected chi connectivity index (χ0v) is 28.5. The number of carbonyl (C=O) groups excluding carboxylic acids is 2. The molecule has 0 saturated carbocycles. The van der Waals surface area contributed by atoms with E-state index in [0.29, 0.717) is 23.9 Å². The Balaban J connectivity index is 1.12. The molecular weight excluding hydrogens is 585 g/mol. The van der Waals surface area contributed by atoms with Gasteiger partial charge in [0.25, 0.3) is 0 Å². The van der Waals surface area contributed by atoms with E-state index in [0.717, 1.165) is 63.5 Å². The van der Waals surface area contributed by atoms with Crippen LogP contribution in [0.5, 0.6) is 0 Å². The van der Waals surface area contributed by atoms with Crippen molar-refractivity contribution < 1.29 is 9.59 Å². The number of piperidine rings is 1. The molecule has 2 amide bonds. The molecule has 4 aliphatic rings. The van der Waals surface area contributed by atoms with Crippen LogP contribution in [0.2, 0.25) is 0 Å². The molecule has 0 atom stereocenters. The highest BCUT2D eigenvalue weighted by atomic mass is 32.2. The minimum Gasteiger partial charge on any atom is -0.346 e. The third-order valence-corrected chi connectivity index (χ3v) is 13.2. The Labute approximate surface area is 270 Å². The lowest BCUT2D eigenvalue weighted by Gasteiger charge is -2.35. The van der Waals surface area contributed by atoms with E-state index in [2.05, 4.69) is 71.6 Å². The molecule has 7 rings (SSSR count). The molecular formula is C36H48N4O2S2. The van der Waals surface area contributed by atoms with Crippen molar-refractivity contribution in [2.24, 2.45) is 5.92 Å². The zero-order chi connectivity index (χ0) is 30.6. The number of amides is 2. The number of nitrogens with zero attached hydrogens (tertiary/aromatic N) is 3. The monoisotopic (exact) mass is 632 g/mol. The molecule has 1 N–H and O–H groups in total. The van der Waals surface area contributed by atoms with Gasteiger partial charge in [-0.3, -0.25) is 9.59 Å². The van der Waals surface area contributed by atoms with Gasteiger partial charge in [0, 0.05) is 59.4 Å². The molecule has 44 heavy (non-hydrogen) atoms. The van der Waals surface area contributed by atoms with Crippen LogP contribution in [0.4, 0.5) is 0 Å². The molecule has 0 aliphatic carbocycles. The number of hydrogen-bond acceptors (Lipinski definition) is 5. The number of hydrogen-bond donors (Lipinski definition) is 1. The van der Waals surface area contributed by atoms with Gasteiger partial charge < -0.3 is 19.7 Å². The first kappa shape index (κ1) is 30.4. The van der Waals surface area contributed by atoms with Gasteiger partial charge in [0.1, 0.15) is 4.83 Å². The summed E-state index contributed by atoms with van der Waals surface area (Å²) in [5.74, 6) is 3.03. The zero-order valence-electron chi connectivity index (χ0n) is 26.9. The van der Waals surface area contributed by atoms with Crippen molar-refractivity contribution in [3.05, 3.63) is 45.8 Å². The number of fused-ring (bicyclic) bond motifs is 3. The summed E-state index contributed by atoms with van der Waals surface area (Å²) in [7, 11) is 0. The summed E-state index contributed by atoms with van der Waals surface area (Å²) in [6, 6.07) is 10.0. The fourth-order valence-corrected chi connectivity index (χ4v) is 10.4. The van der Waals surface area contributed by atoms with E-state index in [1.54, 1.807) is 11.3 Å². The van der Waals surface area contributed by atoms with Crippen LogP contribution < -0.4 is 0 Å². The van der Waals surface area contributed by atoms with Gasteiger partial charge in [-0.2, -0.15) is 11.8 Å². The van der Waals surface area contributed by atoms with Crippen LogP contribution in [0.25, 0.3) is 21.5 Å². The van der Waals surface area contributed by atoms with E-state index in [1.807, 2.05) is 11.8 Å². The summed E-state index contributed by atoms with van der Waals surface area (Å²) in [4.78, 5) is 40.2. The molecule has 4 saturated heterocycles.